The van der Waals surface area contributed by atoms with E-state index < -0.39 is 5.97 Å². The van der Waals surface area contributed by atoms with Gasteiger partial charge in [-0.15, -0.1) is 0 Å². The summed E-state index contributed by atoms with van der Waals surface area (Å²) in [5, 5.41) is 0.863. The summed E-state index contributed by atoms with van der Waals surface area (Å²) in [7, 11) is 1.30. The van der Waals surface area contributed by atoms with Crippen LogP contribution in [0, 0.1) is 0 Å². The highest BCUT2D eigenvalue weighted by Gasteiger charge is 2.19. The number of fused-ring (bicyclic) bond motifs is 1. The second kappa shape index (κ2) is 5.64. The van der Waals surface area contributed by atoms with Crippen molar-refractivity contribution in [3.8, 4) is 0 Å². The Morgan fingerprint density at radius 2 is 2.10 bits per heavy atom. The minimum atomic E-state index is -0.444. The lowest BCUT2D eigenvalue weighted by Crippen LogP contribution is -2.36. The number of nitrogens with zero attached hydrogens (tertiary/aromatic N) is 1. The van der Waals surface area contributed by atoms with Crippen molar-refractivity contribution in [1.82, 2.24) is 9.88 Å². The molecule has 0 radical (unpaired) electrons. The zero-order chi connectivity index (χ0) is 14.7. The van der Waals surface area contributed by atoms with E-state index in [0.717, 1.165) is 10.9 Å². The number of aromatic amines is 1. The molecule has 0 unspecified atom stereocenters. The molecular weight excluding hydrogens is 258 g/mol. The molecule has 1 aromatic carbocycles. The Balaban J connectivity index is 2.27. The molecule has 0 bridgehead atoms. The highest BCUT2D eigenvalue weighted by Crippen LogP contribution is 2.19. The first-order valence-electron chi connectivity index (χ1n) is 6.29. The van der Waals surface area contributed by atoms with E-state index in [9.17, 15) is 9.59 Å². The van der Waals surface area contributed by atoms with E-state index in [1.165, 1.54) is 12.0 Å². The van der Waals surface area contributed by atoms with Crippen LogP contribution in [0.25, 0.3) is 10.9 Å². The Labute approximate surface area is 116 Å². The first-order chi connectivity index (χ1) is 9.55. The minimum Gasteiger partial charge on any atom is -0.468 e. The lowest BCUT2D eigenvalue weighted by Gasteiger charge is -2.18. The van der Waals surface area contributed by atoms with Gasteiger partial charge in [-0.1, -0.05) is 0 Å². The van der Waals surface area contributed by atoms with Gasteiger partial charge in [-0.05, 0) is 31.2 Å². The van der Waals surface area contributed by atoms with Gasteiger partial charge in [-0.2, -0.15) is 0 Å². The second-order valence-corrected chi connectivity index (χ2v) is 4.43. The van der Waals surface area contributed by atoms with Crippen molar-refractivity contribution in [3.05, 3.63) is 30.0 Å². The summed E-state index contributed by atoms with van der Waals surface area (Å²) in [6.07, 6.45) is 0. The lowest BCUT2D eigenvalue weighted by atomic mass is 10.2. The highest BCUT2D eigenvalue weighted by atomic mass is 16.5. The molecular formula is C14H17N3O3. The van der Waals surface area contributed by atoms with Gasteiger partial charge in [0.25, 0.3) is 5.91 Å². The average molecular weight is 275 g/mol. The molecule has 106 valence electrons. The van der Waals surface area contributed by atoms with Gasteiger partial charge in [0.2, 0.25) is 0 Å². The molecule has 2 rings (SSSR count). The van der Waals surface area contributed by atoms with Crippen molar-refractivity contribution >= 4 is 28.5 Å². The maximum atomic E-state index is 12.3. The Morgan fingerprint density at radius 3 is 2.75 bits per heavy atom. The molecule has 0 saturated carbocycles. The molecule has 20 heavy (non-hydrogen) atoms. The van der Waals surface area contributed by atoms with Gasteiger partial charge >= 0.3 is 5.97 Å². The number of aromatic nitrogens is 1. The standard InChI is InChI=1S/C14H17N3O3/c1-3-17(8-13(18)20-2)14(19)12-7-9-6-10(15)4-5-11(9)16-12/h4-7,16H,3,8,15H2,1-2H3. The quantitative estimate of drug-likeness (QED) is 0.652. The monoisotopic (exact) mass is 275 g/mol. The number of rotatable bonds is 4. The smallest absolute Gasteiger partial charge is 0.325 e. The fourth-order valence-electron chi connectivity index (χ4n) is 1.98. The third-order valence-electron chi connectivity index (χ3n) is 3.09. The van der Waals surface area contributed by atoms with Crippen LogP contribution in [-0.2, 0) is 9.53 Å². The number of carbonyl (C=O) groups is 2. The summed E-state index contributed by atoms with van der Waals surface area (Å²) < 4.78 is 4.58. The molecule has 0 aliphatic carbocycles. The van der Waals surface area contributed by atoms with Crippen LogP contribution in [0.5, 0.6) is 0 Å². The van der Waals surface area contributed by atoms with Gasteiger partial charge in [0.05, 0.1) is 7.11 Å². The molecule has 0 aliphatic heterocycles. The molecule has 1 heterocycles. The summed E-state index contributed by atoms with van der Waals surface area (Å²) in [6.45, 7) is 2.16. The van der Waals surface area contributed by atoms with Crippen LogP contribution in [0.1, 0.15) is 17.4 Å². The van der Waals surface area contributed by atoms with Crippen molar-refractivity contribution in [1.29, 1.82) is 0 Å². The van der Waals surface area contributed by atoms with Crippen LogP contribution in [0.3, 0.4) is 0 Å². The molecule has 0 fully saturated rings. The van der Waals surface area contributed by atoms with Gasteiger partial charge in [0, 0.05) is 23.1 Å². The maximum absolute atomic E-state index is 12.3. The Hall–Kier alpha value is -2.50. The highest BCUT2D eigenvalue weighted by molar-refractivity contribution is 5.99. The third-order valence-corrected chi connectivity index (χ3v) is 3.09. The molecule has 6 heteroatoms. The maximum Gasteiger partial charge on any atom is 0.325 e. The Morgan fingerprint density at radius 1 is 1.35 bits per heavy atom. The van der Waals surface area contributed by atoms with E-state index >= 15 is 0 Å². The van der Waals surface area contributed by atoms with Gasteiger partial charge in [-0.3, -0.25) is 9.59 Å². The largest absolute Gasteiger partial charge is 0.468 e. The van der Waals surface area contributed by atoms with Gasteiger partial charge in [0.15, 0.2) is 0 Å². The molecule has 0 aliphatic rings. The van der Waals surface area contributed by atoms with Crippen LogP contribution < -0.4 is 5.73 Å². The summed E-state index contributed by atoms with van der Waals surface area (Å²) >= 11 is 0. The third kappa shape index (κ3) is 2.74. The summed E-state index contributed by atoms with van der Waals surface area (Å²) in [4.78, 5) is 28.1. The molecule has 3 N–H and O–H groups in total. The van der Waals surface area contributed by atoms with Crippen molar-refractivity contribution in [2.24, 2.45) is 0 Å². The van der Waals surface area contributed by atoms with Crippen molar-refractivity contribution in [2.75, 3.05) is 25.9 Å². The van der Waals surface area contributed by atoms with E-state index in [0.29, 0.717) is 17.9 Å². The van der Waals surface area contributed by atoms with Crippen LogP contribution >= 0.6 is 0 Å². The second-order valence-electron chi connectivity index (χ2n) is 4.43. The van der Waals surface area contributed by atoms with E-state index in [4.69, 9.17) is 5.73 Å². The van der Waals surface area contributed by atoms with E-state index in [1.807, 2.05) is 13.0 Å². The number of H-pyrrole nitrogens is 1. The minimum absolute atomic E-state index is 0.0661. The zero-order valence-electron chi connectivity index (χ0n) is 11.5. The average Bonchev–Trinajstić information content (AvgIpc) is 2.86. The summed E-state index contributed by atoms with van der Waals surface area (Å²) in [5.41, 5.74) is 7.60. The zero-order valence-corrected chi connectivity index (χ0v) is 11.5. The summed E-state index contributed by atoms with van der Waals surface area (Å²) in [5.74, 6) is -0.687. The van der Waals surface area contributed by atoms with Crippen molar-refractivity contribution < 1.29 is 14.3 Å². The number of hydrogen-bond donors (Lipinski definition) is 2. The number of carbonyl (C=O) groups excluding carboxylic acids is 2. The predicted molar refractivity (Wildman–Crippen MR) is 76.3 cm³/mol. The van der Waals surface area contributed by atoms with Gasteiger partial charge in [0.1, 0.15) is 12.2 Å². The van der Waals surface area contributed by atoms with Gasteiger partial charge < -0.3 is 20.4 Å². The number of nitrogens with two attached hydrogens (primary N) is 1. The van der Waals surface area contributed by atoms with Crippen LogP contribution in [0.15, 0.2) is 24.3 Å². The fourth-order valence-corrected chi connectivity index (χ4v) is 1.98. The number of methoxy groups -OCH3 is 1. The number of amides is 1. The van der Waals surface area contributed by atoms with E-state index in [1.54, 1.807) is 18.2 Å². The lowest BCUT2D eigenvalue weighted by molar-refractivity contribution is -0.141. The normalized spacial score (nSPS) is 10.5. The van der Waals surface area contributed by atoms with Crippen molar-refractivity contribution in [3.63, 3.8) is 0 Å². The van der Waals surface area contributed by atoms with E-state index in [2.05, 4.69) is 9.72 Å². The molecule has 1 amide bonds. The van der Waals surface area contributed by atoms with Crippen molar-refractivity contribution in [2.45, 2.75) is 6.92 Å². The molecule has 0 atom stereocenters. The first kappa shape index (κ1) is 13.9. The van der Waals surface area contributed by atoms with Crippen LogP contribution in [-0.4, -0.2) is 42.0 Å². The number of esters is 1. The topological polar surface area (TPSA) is 88.4 Å². The predicted octanol–water partition coefficient (Wildman–Crippen LogP) is 1.39. The Kier molecular flexibility index (Phi) is 3.93. The number of ether oxygens (including phenoxy) is 1. The molecule has 6 nitrogen and oxygen atoms in total. The van der Waals surface area contributed by atoms with Gasteiger partial charge in [-0.25, -0.2) is 0 Å². The molecule has 0 saturated heterocycles. The SMILES string of the molecule is CCN(CC(=O)OC)C(=O)c1cc2cc(N)ccc2[nH]1. The molecule has 2 aromatic rings. The number of hydrogen-bond acceptors (Lipinski definition) is 4. The molecule has 1 aromatic heterocycles. The molecule has 0 spiro atoms. The van der Waals surface area contributed by atoms with Crippen LogP contribution in [0.4, 0.5) is 5.69 Å². The number of benzene rings is 1. The first-order valence-corrected chi connectivity index (χ1v) is 6.29. The summed E-state index contributed by atoms with van der Waals surface area (Å²) in [6, 6.07) is 7.10. The number of anilines is 1. The van der Waals surface area contributed by atoms with E-state index in [-0.39, 0.29) is 12.5 Å². The van der Waals surface area contributed by atoms with Crippen LogP contribution in [0.2, 0.25) is 0 Å². The fraction of sp³-hybridized carbons (Fsp3) is 0.286. The number of nitrogens with one attached hydrogen (secondary N) is 1. The number of likely N-dealkylation sites (N-methyl/N-ethyl adjacent to an activating group) is 1. The Bertz CT molecular complexity index is 648. The number of nitrogen functional groups attached to an aromatic ring is 1.